The molecule has 18 nitrogen and oxygen atoms in total. The van der Waals surface area contributed by atoms with Gasteiger partial charge in [-0.2, -0.15) is 16.8 Å². The Labute approximate surface area is 313 Å². The molecule has 0 bridgehead atoms. The molecule has 0 unspecified atom stereocenters. The van der Waals surface area contributed by atoms with Gasteiger partial charge in [0.05, 0.1) is 16.9 Å². The summed E-state index contributed by atoms with van der Waals surface area (Å²) in [6.45, 7) is 0. The number of carbonyl (C=O) groups is 4. The topological polar surface area (TPSA) is 299 Å². The summed E-state index contributed by atoms with van der Waals surface area (Å²) in [5.74, 6) is -6.71. The van der Waals surface area contributed by atoms with E-state index >= 15 is 0 Å². The molecule has 2 amide bonds. The summed E-state index contributed by atoms with van der Waals surface area (Å²) in [5, 5.41) is 13.6. The molecule has 4 aromatic carbocycles. The molecule has 55 heavy (non-hydrogen) atoms. The third-order valence-electron chi connectivity index (χ3n) is 7.30. The van der Waals surface area contributed by atoms with Crippen molar-refractivity contribution in [3.8, 4) is 0 Å². The Balaban J connectivity index is 1.61. The van der Waals surface area contributed by atoms with Crippen LogP contribution in [0.2, 0.25) is 0 Å². The van der Waals surface area contributed by atoms with E-state index in [1.807, 2.05) is 0 Å². The molecule has 0 saturated carbocycles. The molecular formula is C33H28N2O16S4. The van der Waals surface area contributed by atoms with Crippen LogP contribution >= 0.6 is 0 Å². The Hall–Kier alpha value is -5.78. The number of hydrogen-bond donors (Lipinski definition) is 5. The number of carboxylic acids is 1. The maximum atomic E-state index is 13.0. The molecule has 0 spiro atoms. The van der Waals surface area contributed by atoms with Crippen molar-refractivity contribution in [1.29, 1.82) is 0 Å². The first-order chi connectivity index (χ1) is 25.5. The molecule has 0 saturated heterocycles. The number of sulfone groups is 2. The van der Waals surface area contributed by atoms with Crippen molar-refractivity contribution in [2.24, 2.45) is 0 Å². The average Bonchev–Trinajstić information content (AvgIpc) is 3.10. The highest BCUT2D eigenvalue weighted by atomic mass is 32.2. The van der Waals surface area contributed by atoms with Crippen LogP contribution in [0, 0.1) is 0 Å². The van der Waals surface area contributed by atoms with Crippen LogP contribution in [0.3, 0.4) is 0 Å². The Morgan fingerprint density at radius 2 is 1.00 bits per heavy atom. The largest absolute Gasteiger partial charge is 0.480 e. The van der Waals surface area contributed by atoms with Crippen molar-refractivity contribution in [1.82, 2.24) is 0 Å². The number of nitrogens with one attached hydrogen (secondary N) is 2. The van der Waals surface area contributed by atoms with Crippen molar-refractivity contribution < 1.29 is 71.8 Å². The minimum Gasteiger partial charge on any atom is -0.480 e. The van der Waals surface area contributed by atoms with E-state index in [2.05, 4.69) is 15.4 Å². The highest BCUT2D eigenvalue weighted by molar-refractivity contribution is 7.92. The highest BCUT2D eigenvalue weighted by Crippen LogP contribution is 2.27. The zero-order valence-electron chi connectivity index (χ0n) is 27.9. The Bertz CT molecular complexity index is 2710. The highest BCUT2D eigenvalue weighted by Gasteiger charge is 2.23. The number of rotatable bonds is 14. The summed E-state index contributed by atoms with van der Waals surface area (Å²) in [6.07, 6.45) is 2.10. The first-order valence-electron chi connectivity index (χ1n) is 15.0. The number of hydrogen-bond acceptors (Lipinski definition) is 13. The van der Waals surface area contributed by atoms with Gasteiger partial charge in [-0.3, -0.25) is 28.3 Å². The quantitative estimate of drug-likeness (QED) is 0.0693. The second-order valence-electron chi connectivity index (χ2n) is 11.2. The van der Waals surface area contributed by atoms with Crippen molar-refractivity contribution in [2.45, 2.75) is 19.6 Å². The zero-order chi connectivity index (χ0) is 40.9. The Morgan fingerprint density at radius 3 is 1.36 bits per heavy atom. The van der Waals surface area contributed by atoms with Gasteiger partial charge in [-0.25, -0.2) is 16.8 Å². The maximum absolute atomic E-state index is 13.0. The van der Waals surface area contributed by atoms with Crippen LogP contribution in [-0.4, -0.2) is 90.3 Å². The predicted molar refractivity (Wildman–Crippen MR) is 194 cm³/mol. The van der Waals surface area contributed by atoms with Gasteiger partial charge in [-0.1, -0.05) is 36.4 Å². The first-order valence-corrected chi connectivity index (χ1v) is 21.2. The number of amides is 2. The van der Waals surface area contributed by atoms with E-state index in [0.29, 0.717) is 0 Å². The summed E-state index contributed by atoms with van der Waals surface area (Å²) >= 11 is 0. The minimum absolute atomic E-state index is 0.179. The standard InChI is InChI=1S/C33H28N2O16S4/c1-51-31(38)19-53(43,44)27-7-3-5-23(15-27)33(40)35-25-13-11-21(29(17-25)55(48,49)50)9-8-20-10-12-24(16-28(20)54(45,46)47)34-32(39)22-4-2-6-26(14-22)52(41,42)18-30(36)37/h2-17H,18-19H2,1H3,(H,34,39)(H,35,40)(H,36,37)(H,45,46,47)(H,48,49,50)/b9-8+. The normalized spacial score (nSPS) is 12.2. The third-order valence-corrected chi connectivity index (χ3v) is 12.3. The van der Waals surface area contributed by atoms with Crippen molar-refractivity contribution in [3.63, 3.8) is 0 Å². The number of benzene rings is 4. The number of carboxylic acid groups (broad SMARTS) is 1. The second kappa shape index (κ2) is 16.3. The molecule has 290 valence electrons. The van der Waals surface area contributed by atoms with Crippen LogP contribution in [0.4, 0.5) is 11.4 Å². The summed E-state index contributed by atoms with van der Waals surface area (Å²) < 4.78 is 123. The molecule has 0 aliphatic carbocycles. The van der Waals surface area contributed by atoms with Crippen LogP contribution in [0.5, 0.6) is 0 Å². The predicted octanol–water partition coefficient (Wildman–Crippen LogP) is 2.66. The molecule has 0 radical (unpaired) electrons. The van der Waals surface area contributed by atoms with Crippen LogP contribution in [0.25, 0.3) is 12.2 Å². The summed E-state index contributed by atoms with van der Waals surface area (Å²) in [7, 11) is -17.5. The van der Waals surface area contributed by atoms with Gasteiger partial charge in [-0.15, -0.1) is 0 Å². The molecule has 0 aliphatic rings. The van der Waals surface area contributed by atoms with Gasteiger partial charge in [0.25, 0.3) is 32.1 Å². The van der Waals surface area contributed by atoms with Crippen LogP contribution in [0.1, 0.15) is 31.8 Å². The van der Waals surface area contributed by atoms with Gasteiger partial charge in [0.15, 0.2) is 31.2 Å². The lowest BCUT2D eigenvalue weighted by Crippen LogP contribution is -2.18. The SMILES string of the molecule is COC(=O)CS(=O)(=O)c1cccc(C(=O)Nc2ccc(/C=C/c3ccc(NC(=O)c4cccc(S(=O)(=O)CC(=O)O)c4)cc3S(=O)(=O)O)c(S(=O)(=O)O)c2)c1. The zero-order valence-corrected chi connectivity index (χ0v) is 31.2. The third kappa shape index (κ3) is 10.9. The number of methoxy groups -OCH3 is 1. The summed E-state index contributed by atoms with van der Waals surface area (Å²) in [6, 6.07) is 15.3. The van der Waals surface area contributed by atoms with E-state index in [-0.39, 0.29) is 38.5 Å². The lowest BCUT2D eigenvalue weighted by Gasteiger charge is -2.11. The maximum Gasteiger partial charge on any atom is 0.321 e. The van der Waals surface area contributed by atoms with E-state index in [9.17, 15) is 62.0 Å². The fourth-order valence-corrected chi connectivity index (χ4v) is 8.43. The monoisotopic (exact) mass is 836 g/mol. The Morgan fingerprint density at radius 1 is 0.600 bits per heavy atom. The fraction of sp³-hybridized carbons (Fsp3) is 0.0909. The van der Waals surface area contributed by atoms with Gasteiger partial charge in [0, 0.05) is 22.5 Å². The number of aliphatic carboxylic acids is 1. The van der Waals surface area contributed by atoms with Gasteiger partial charge in [0.2, 0.25) is 0 Å². The summed E-state index contributed by atoms with van der Waals surface area (Å²) in [5.41, 5.74) is -1.27. The van der Waals surface area contributed by atoms with Crippen LogP contribution in [0.15, 0.2) is 105 Å². The Kier molecular flexibility index (Phi) is 12.4. The summed E-state index contributed by atoms with van der Waals surface area (Å²) in [4.78, 5) is 45.9. The van der Waals surface area contributed by atoms with E-state index in [1.54, 1.807) is 0 Å². The molecule has 4 aromatic rings. The van der Waals surface area contributed by atoms with Crippen molar-refractivity contribution in [2.75, 3.05) is 29.2 Å². The number of ether oxygens (including phenoxy) is 1. The number of esters is 1. The minimum atomic E-state index is -5.02. The molecule has 4 rings (SSSR count). The molecule has 0 aromatic heterocycles. The van der Waals surface area contributed by atoms with E-state index in [1.165, 1.54) is 36.4 Å². The molecule has 0 aliphatic heterocycles. The molecule has 0 atom stereocenters. The average molecular weight is 837 g/mol. The molecular weight excluding hydrogens is 809 g/mol. The van der Waals surface area contributed by atoms with Crippen LogP contribution in [-0.2, 0) is 54.2 Å². The molecule has 0 fully saturated rings. The van der Waals surface area contributed by atoms with E-state index in [4.69, 9.17) is 5.11 Å². The number of anilines is 2. The first kappa shape index (κ1) is 42.0. The smallest absolute Gasteiger partial charge is 0.321 e. The lowest BCUT2D eigenvalue weighted by atomic mass is 10.1. The molecule has 5 N–H and O–H groups in total. The van der Waals surface area contributed by atoms with Crippen molar-refractivity contribution >= 4 is 87.2 Å². The van der Waals surface area contributed by atoms with Crippen molar-refractivity contribution in [3.05, 3.63) is 107 Å². The second-order valence-corrected chi connectivity index (χ2v) is 18.0. The van der Waals surface area contributed by atoms with Gasteiger partial charge in [0.1, 0.15) is 9.79 Å². The molecule has 22 heteroatoms. The van der Waals surface area contributed by atoms with Gasteiger partial charge < -0.3 is 20.5 Å². The molecule has 0 heterocycles. The van der Waals surface area contributed by atoms with Gasteiger partial charge >= 0.3 is 11.9 Å². The fourth-order valence-electron chi connectivity index (χ4n) is 4.74. The lowest BCUT2D eigenvalue weighted by molar-refractivity contribution is -0.137. The van der Waals surface area contributed by atoms with Gasteiger partial charge in [-0.05, 0) is 71.8 Å². The van der Waals surface area contributed by atoms with E-state index in [0.717, 1.165) is 67.8 Å². The van der Waals surface area contributed by atoms with E-state index < -0.39 is 89.9 Å². The number of carbonyl (C=O) groups excluding carboxylic acids is 3. The van der Waals surface area contributed by atoms with Crippen LogP contribution < -0.4 is 10.6 Å².